The predicted octanol–water partition coefficient (Wildman–Crippen LogP) is 3.72. The van der Waals surface area contributed by atoms with Gasteiger partial charge in [0, 0.05) is 3.57 Å². The van der Waals surface area contributed by atoms with Gasteiger partial charge in [0.2, 0.25) is 0 Å². The zero-order chi connectivity index (χ0) is 12.2. The van der Waals surface area contributed by atoms with Crippen molar-refractivity contribution >= 4 is 22.6 Å². The molecule has 1 nitrogen and oxygen atoms in total. The second kappa shape index (κ2) is 6.01. The van der Waals surface area contributed by atoms with Crippen molar-refractivity contribution in [2.75, 3.05) is 13.6 Å². The third-order valence-electron chi connectivity index (χ3n) is 3.07. The van der Waals surface area contributed by atoms with Crippen LogP contribution >= 0.6 is 22.6 Å². The van der Waals surface area contributed by atoms with E-state index in [0.717, 1.165) is 13.0 Å². The summed E-state index contributed by atoms with van der Waals surface area (Å²) < 4.78 is 1.31. The molecule has 1 atom stereocenters. The van der Waals surface area contributed by atoms with Crippen LogP contribution < -0.4 is 5.32 Å². The van der Waals surface area contributed by atoms with Crippen molar-refractivity contribution in [1.29, 1.82) is 0 Å². The van der Waals surface area contributed by atoms with Crippen LogP contribution in [0, 0.1) is 14.9 Å². The highest BCUT2D eigenvalue weighted by Crippen LogP contribution is 2.28. The summed E-state index contributed by atoms with van der Waals surface area (Å²) >= 11 is 2.35. The minimum atomic E-state index is 0.353. The summed E-state index contributed by atoms with van der Waals surface area (Å²) in [6.45, 7) is 8.04. The van der Waals surface area contributed by atoms with E-state index in [1.54, 1.807) is 0 Å². The number of halogens is 1. The summed E-state index contributed by atoms with van der Waals surface area (Å²) in [5, 5.41) is 3.30. The first-order valence-electron chi connectivity index (χ1n) is 5.82. The van der Waals surface area contributed by atoms with Gasteiger partial charge in [-0.05, 0) is 71.6 Å². The quantitative estimate of drug-likeness (QED) is 0.830. The van der Waals surface area contributed by atoms with Gasteiger partial charge in [0.15, 0.2) is 0 Å². The SMILES string of the molecule is CNCC(Cc1ccc(I)cc1)C(C)(C)C. The molecule has 1 rings (SSSR count). The Morgan fingerprint density at radius 2 is 1.75 bits per heavy atom. The molecule has 0 amide bonds. The minimum Gasteiger partial charge on any atom is -0.319 e. The van der Waals surface area contributed by atoms with E-state index in [2.05, 4.69) is 72.9 Å². The molecule has 0 heterocycles. The van der Waals surface area contributed by atoms with Crippen LogP contribution in [0.1, 0.15) is 26.3 Å². The lowest BCUT2D eigenvalue weighted by atomic mass is 9.77. The Morgan fingerprint density at radius 3 is 2.19 bits per heavy atom. The number of benzene rings is 1. The molecular weight excluding hydrogens is 309 g/mol. The maximum atomic E-state index is 3.30. The first-order chi connectivity index (χ1) is 7.43. The Bertz CT molecular complexity index is 311. The zero-order valence-corrected chi connectivity index (χ0v) is 12.8. The van der Waals surface area contributed by atoms with Crippen LogP contribution in [0.25, 0.3) is 0 Å². The van der Waals surface area contributed by atoms with Crippen molar-refractivity contribution in [2.24, 2.45) is 11.3 Å². The fourth-order valence-electron chi connectivity index (χ4n) is 1.84. The van der Waals surface area contributed by atoms with Crippen LogP contribution in [0.3, 0.4) is 0 Å². The molecule has 0 aliphatic carbocycles. The molecule has 0 saturated heterocycles. The van der Waals surface area contributed by atoms with Gasteiger partial charge >= 0.3 is 0 Å². The predicted molar refractivity (Wildman–Crippen MR) is 79.7 cm³/mol. The largest absolute Gasteiger partial charge is 0.319 e. The van der Waals surface area contributed by atoms with Gasteiger partial charge in [-0.1, -0.05) is 32.9 Å². The summed E-state index contributed by atoms with van der Waals surface area (Å²) in [5.74, 6) is 0.678. The Balaban J connectivity index is 2.72. The summed E-state index contributed by atoms with van der Waals surface area (Å²) in [6, 6.07) is 8.87. The average molecular weight is 331 g/mol. The molecule has 0 aliphatic rings. The molecule has 1 aromatic carbocycles. The number of rotatable bonds is 4. The van der Waals surface area contributed by atoms with Crippen LogP contribution in [0.5, 0.6) is 0 Å². The maximum absolute atomic E-state index is 3.30. The monoisotopic (exact) mass is 331 g/mol. The van der Waals surface area contributed by atoms with E-state index in [9.17, 15) is 0 Å². The molecule has 0 radical (unpaired) electrons. The van der Waals surface area contributed by atoms with E-state index in [1.165, 1.54) is 9.13 Å². The summed E-state index contributed by atoms with van der Waals surface area (Å²) in [5.41, 5.74) is 1.79. The first-order valence-corrected chi connectivity index (χ1v) is 6.90. The van der Waals surface area contributed by atoms with E-state index >= 15 is 0 Å². The normalized spacial score (nSPS) is 13.8. The lowest BCUT2D eigenvalue weighted by Crippen LogP contribution is -2.31. The van der Waals surface area contributed by atoms with Crippen molar-refractivity contribution in [3.63, 3.8) is 0 Å². The fourth-order valence-corrected chi connectivity index (χ4v) is 2.20. The highest BCUT2D eigenvalue weighted by molar-refractivity contribution is 14.1. The highest BCUT2D eigenvalue weighted by atomic mass is 127. The van der Waals surface area contributed by atoms with Crippen molar-refractivity contribution in [3.8, 4) is 0 Å². The summed E-state index contributed by atoms with van der Waals surface area (Å²) in [6.07, 6.45) is 1.15. The first kappa shape index (κ1) is 14.0. The summed E-state index contributed by atoms with van der Waals surface area (Å²) in [4.78, 5) is 0. The summed E-state index contributed by atoms with van der Waals surface area (Å²) in [7, 11) is 2.03. The highest BCUT2D eigenvalue weighted by Gasteiger charge is 2.23. The molecule has 0 bridgehead atoms. The Kier molecular flexibility index (Phi) is 5.25. The van der Waals surface area contributed by atoms with Crippen molar-refractivity contribution in [2.45, 2.75) is 27.2 Å². The van der Waals surface area contributed by atoms with Crippen LogP contribution in [0.2, 0.25) is 0 Å². The molecule has 0 spiro atoms. The van der Waals surface area contributed by atoms with Crippen molar-refractivity contribution in [3.05, 3.63) is 33.4 Å². The Morgan fingerprint density at radius 1 is 1.19 bits per heavy atom. The Labute approximate surface area is 113 Å². The standard InChI is InChI=1S/C14H22IN/c1-14(2,3)12(10-16-4)9-11-5-7-13(15)8-6-11/h5-8,12,16H,9-10H2,1-4H3. The smallest absolute Gasteiger partial charge is 0.0130 e. The van der Waals surface area contributed by atoms with E-state index in [0.29, 0.717) is 11.3 Å². The molecule has 1 aromatic rings. The molecule has 0 aliphatic heterocycles. The van der Waals surface area contributed by atoms with Crippen LogP contribution in [0.15, 0.2) is 24.3 Å². The maximum Gasteiger partial charge on any atom is 0.0130 e. The van der Waals surface area contributed by atoms with Gasteiger partial charge in [-0.2, -0.15) is 0 Å². The number of hydrogen-bond donors (Lipinski definition) is 1. The van der Waals surface area contributed by atoms with E-state index in [-0.39, 0.29) is 0 Å². The third kappa shape index (κ3) is 4.42. The Hall–Kier alpha value is -0.0900. The van der Waals surface area contributed by atoms with Gasteiger partial charge in [0.25, 0.3) is 0 Å². The van der Waals surface area contributed by atoms with Crippen LogP contribution in [-0.2, 0) is 6.42 Å². The van der Waals surface area contributed by atoms with E-state index < -0.39 is 0 Å². The molecule has 0 fully saturated rings. The van der Waals surface area contributed by atoms with Gasteiger partial charge in [0.05, 0.1) is 0 Å². The lowest BCUT2D eigenvalue weighted by molar-refractivity contribution is 0.235. The third-order valence-corrected chi connectivity index (χ3v) is 3.79. The molecule has 2 heteroatoms. The lowest BCUT2D eigenvalue weighted by Gasteiger charge is -2.30. The average Bonchev–Trinajstić information content (AvgIpc) is 2.19. The minimum absolute atomic E-state index is 0.353. The molecule has 90 valence electrons. The molecule has 1 N–H and O–H groups in total. The second-order valence-electron chi connectivity index (χ2n) is 5.45. The van der Waals surface area contributed by atoms with Gasteiger partial charge in [0.1, 0.15) is 0 Å². The van der Waals surface area contributed by atoms with Gasteiger partial charge in [-0.3, -0.25) is 0 Å². The van der Waals surface area contributed by atoms with Gasteiger partial charge in [-0.15, -0.1) is 0 Å². The number of hydrogen-bond acceptors (Lipinski definition) is 1. The molecule has 1 unspecified atom stereocenters. The van der Waals surface area contributed by atoms with Crippen molar-refractivity contribution < 1.29 is 0 Å². The van der Waals surface area contributed by atoms with Gasteiger partial charge < -0.3 is 5.32 Å². The van der Waals surface area contributed by atoms with Crippen LogP contribution in [0.4, 0.5) is 0 Å². The molecule has 0 saturated carbocycles. The van der Waals surface area contributed by atoms with E-state index in [4.69, 9.17) is 0 Å². The zero-order valence-electron chi connectivity index (χ0n) is 10.7. The van der Waals surface area contributed by atoms with Crippen LogP contribution in [-0.4, -0.2) is 13.6 Å². The van der Waals surface area contributed by atoms with E-state index in [1.807, 2.05) is 7.05 Å². The van der Waals surface area contributed by atoms with Gasteiger partial charge in [-0.25, -0.2) is 0 Å². The number of nitrogens with one attached hydrogen (secondary N) is 1. The second-order valence-corrected chi connectivity index (χ2v) is 6.70. The topological polar surface area (TPSA) is 12.0 Å². The molecule has 0 aromatic heterocycles. The molecular formula is C14H22IN. The fraction of sp³-hybridized carbons (Fsp3) is 0.571. The van der Waals surface area contributed by atoms with Crippen molar-refractivity contribution in [1.82, 2.24) is 5.32 Å². The molecule has 16 heavy (non-hydrogen) atoms.